The van der Waals surface area contributed by atoms with E-state index >= 15 is 0 Å². The zero-order chi connectivity index (χ0) is 23.9. The molecule has 9 heteroatoms. The number of carbonyl (C=O) groups excluding carboxylic acids is 1. The van der Waals surface area contributed by atoms with Crippen molar-refractivity contribution in [2.24, 2.45) is 5.41 Å². The van der Waals surface area contributed by atoms with Crippen molar-refractivity contribution in [1.82, 2.24) is 14.1 Å². The first-order valence-corrected chi connectivity index (χ1v) is 12.5. The summed E-state index contributed by atoms with van der Waals surface area (Å²) in [7, 11) is -0.790. The van der Waals surface area contributed by atoms with Crippen LogP contribution in [0.3, 0.4) is 0 Å². The lowest BCUT2D eigenvalue weighted by Gasteiger charge is -2.42. The molecule has 1 aliphatic heterocycles. The zero-order valence-corrected chi connectivity index (χ0v) is 20.3. The lowest BCUT2D eigenvalue weighted by atomic mass is 9.74. The Kier molecular flexibility index (Phi) is 8.47. The predicted octanol–water partition coefficient (Wildman–Crippen LogP) is 2.88. The quantitative estimate of drug-likeness (QED) is 0.534. The molecule has 0 bridgehead atoms. The van der Waals surface area contributed by atoms with Gasteiger partial charge in [0.1, 0.15) is 5.75 Å². The molecule has 2 aromatic rings. The Morgan fingerprint density at radius 3 is 2.30 bits per heavy atom. The van der Waals surface area contributed by atoms with E-state index in [1.54, 1.807) is 32.2 Å². The van der Waals surface area contributed by atoms with Gasteiger partial charge >= 0.3 is 10.2 Å². The van der Waals surface area contributed by atoms with Crippen LogP contribution in [0.4, 0.5) is 0 Å². The van der Waals surface area contributed by atoms with Gasteiger partial charge in [-0.25, -0.2) is 0 Å². The first-order chi connectivity index (χ1) is 15.8. The summed E-state index contributed by atoms with van der Waals surface area (Å²) in [6.45, 7) is 3.13. The van der Waals surface area contributed by atoms with Crippen LogP contribution in [-0.4, -0.2) is 63.5 Å². The number of hydroxylamine groups is 1. The van der Waals surface area contributed by atoms with Gasteiger partial charge in [0.05, 0.1) is 19.8 Å². The van der Waals surface area contributed by atoms with Gasteiger partial charge in [0.25, 0.3) is 5.91 Å². The molecule has 1 aliphatic rings. The van der Waals surface area contributed by atoms with Crippen LogP contribution in [0.1, 0.15) is 35.7 Å². The van der Waals surface area contributed by atoms with Crippen LogP contribution in [0.5, 0.6) is 5.75 Å². The SMILES string of the molecule is CCN(OC)S(=O)(=O)N1CCC(CNC(=O)c2ccccc2OC)(Cc2ccccc2)CC1. The van der Waals surface area contributed by atoms with Gasteiger partial charge in [-0.05, 0) is 49.3 Å². The van der Waals surface area contributed by atoms with E-state index in [9.17, 15) is 13.2 Å². The Morgan fingerprint density at radius 1 is 1.06 bits per heavy atom. The number of piperidine rings is 1. The summed E-state index contributed by atoms with van der Waals surface area (Å²) in [5.41, 5.74) is 1.37. The van der Waals surface area contributed by atoms with Gasteiger partial charge in [0.15, 0.2) is 0 Å². The summed E-state index contributed by atoms with van der Waals surface area (Å²) in [4.78, 5) is 18.0. The molecule has 1 saturated heterocycles. The summed E-state index contributed by atoms with van der Waals surface area (Å²) in [5.74, 6) is 0.318. The van der Waals surface area contributed by atoms with Crippen LogP contribution in [-0.2, 0) is 21.5 Å². The van der Waals surface area contributed by atoms with E-state index in [1.165, 1.54) is 11.4 Å². The summed E-state index contributed by atoms with van der Waals surface area (Å²) in [5, 5.41) is 3.08. The number of amides is 1. The minimum absolute atomic E-state index is 0.202. The van der Waals surface area contributed by atoms with Crippen LogP contribution < -0.4 is 10.1 Å². The molecule has 0 saturated carbocycles. The largest absolute Gasteiger partial charge is 0.496 e. The van der Waals surface area contributed by atoms with Gasteiger partial charge < -0.3 is 10.1 Å². The third-order valence-corrected chi connectivity index (χ3v) is 8.17. The lowest BCUT2D eigenvalue weighted by Crippen LogP contribution is -2.52. The van der Waals surface area contributed by atoms with E-state index in [0.29, 0.717) is 43.8 Å². The molecule has 8 nitrogen and oxygen atoms in total. The Labute approximate surface area is 196 Å². The van der Waals surface area contributed by atoms with E-state index in [4.69, 9.17) is 9.57 Å². The van der Waals surface area contributed by atoms with Crippen molar-refractivity contribution < 1.29 is 22.8 Å². The minimum Gasteiger partial charge on any atom is -0.496 e. The van der Waals surface area contributed by atoms with E-state index in [1.807, 2.05) is 24.3 Å². The van der Waals surface area contributed by atoms with Crippen molar-refractivity contribution in [3.05, 3.63) is 65.7 Å². The number of methoxy groups -OCH3 is 1. The summed E-state index contributed by atoms with van der Waals surface area (Å²) < 4.78 is 33.6. The molecule has 1 N–H and O–H groups in total. The van der Waals surface area contributed by atoms with Crippen LogP contribution >= 0.6 is 0 Å². The molecule has 0 aliphatic carbocycles. The average molecular weight is 476 g/mol. The van der Waals surface area contributed by atoms with E-state index in [-0.39, 0.29) is 17.9 Å². The van der Waals surface area contributed by atoms with Gasteiger partial charge in [-0.2, -0.15) is 12.7 Å². The molecule has 0 unspecified atom stereocenters. The average Bonchev–Trinajstić information content (AvgIpc) is 2.84. The Morgan fingerprint density at radius 2 is 1.70 bits per heavy atom. The molecule has 180 valence electrons. The minimum atomic E-state index is -3.69. The highest BCUT2D eigenvalue weighted by Gasteiger charge is 2.40. The highest BCUT2D eigenvalue weighted by atomic mass is 32.2. The van der Waals surface area contributed by atoms with Gasteiger partial charge in [-0.3, -0.25) is 9.63 Å². The molecule has 33 heavy (non-hydrogen) atoms. The first-order valence-electron chi connectivity index (χ1n) is 11.1. The fourth-order valence-electron chi connectivity index (χ4n) is 4.35. The number of hydrogen-bond acceptors (Lipinski definition) is 5. The smallest absolute Gasteiger partial charge is 0.304 e. The summed E-state index contributed by atoms with van der Waals surface area (Å²) >= 11 is 0. The van der Waals surface area contributed by atoms with Crippen molar-refractivity contribution in [2.75, 3.05) is 40.4 Å². The number of carbonyl (C=O) groups is 1. The summed E-state index contributed by atoms with van der Waals surface area (Å²) in [6, 6.07) is 17.2. The number of hydrogen-bond donors (Lipinski definition) is 1. The summed E-state index contributed by atoms with van der Waals surface area (Å²) in [6.07, 6.45) is 1.99. The number of ether oxygens (including phenoxy) is 1. The maximum atomic E-state index is 12.9. The number of benzene rings is 2. The van der Waals surface area contributed by atoms with E-state index in [2.05, 4.69) is 17.4 Å². The molecule has 2 aromatic carbocycles. The third-order valence-electron chi connectivity index (χ3n) is 6.23. The lowest BCUT2D eigenvalue weighted by molar-refractivity contribution is -0.0514. The van der Waals surface area contributed by atoms with Gasteiger partial charge in [-0.15, -0.1) is 0 Å². The molecule has 3 rings (SSSR count). The highest BCUT2D eigenvalue weighted by Crippen LogP contribution is 2.36. The van der Waals surface area contributed by atoms with Crippen molar-refractivity contribution >= 4 is 16.1 Å². The number of nitrogens with zero attached hydrogens (tertiary/aromatic N) is 2. The second-order valence-corrected chi connectivity index (χ2v) is 10.1. The van der Waals surface area contributed by atoms with Crippen LogP contribution in [0.2, 0.25) is 0 Å². The molecule has 0 spiro atoms. The Bertz CT molecular complexity index is 1020. The molecular weight excluding hydrogens is 442 g/mol. The van der Waals surface area contributed by atoms with E-state index < -0.39 is 10.2 Å². The number of para-hydroxylation sites is 1. The third kappa shape index (κ3) is 5.92. The van der Waals surface area contributed by atoms with Crippen molar-refractivity contribution in [1.29, 1.82) is 0 Å². The van der Waals surface area contributed by atoms with Gasteiger partial charge in [0.2, 0.25) is 0 Å². The van der Waals surface area contributed by atoms with Gasteiger partial charge in [0, 0.05) is 26.2 Å². The molecule has 1 amide bonds. The van der Waals surface area contributed by atoms with Crippen molar-refractivity contribution in [3.8, 4) is 5.75 Å². The maximum absolute atomic E-state index is 12.9. The van der Waals surface area contributed by atoms with Gasteiger partial charge in [-0.1, -0.05) is 46.9 Å². The Hall–Kier alpha value is -2.46. The topological polar surface area (TPSA) is 88.2 Å². The van der Waals surface area contributed by atoms with Crippen LogP contribution in [0, 0.1) is 5.41 Å². The monoisotopic (exact) mass is 475 g/mol. The van der Waals surface area contributed by atoms with Crippen LogP contribution in [0.15, 0.2) is 54.6 Å². The van der Waals surface area contributed by atoms with Crippen LogP contribution in [0.25, 0.3) is 0 Å². The van der Waals surface area contributed by atoms with Crippen molar-refractivity contribution in [3.63, 3.8) is 0 Å². The molecular formula is C24H33N3O5S. The van der Waals surface area contributed by atoms with E-state index in [0.717, 1.165) is 16.5 Å². The molecule has 0 atom stereocenters. The zero-order valence-electron chi connectivity index (χ0n) is 19.5. The normalized spacial score (nSPS) is 16.5. The number of nitrogens with one attached hydrogen (secondary N) is 1. The fourth-order valence-corrected chi connectivity index (χ4v) is 5.76. The molecule has 1 fully saturated rings. The van der Waals surface area contributed by atoms with Crippen molar-refractivity contribution in [2.45, 2.75) is 26.2 Å². The molecule has 0 aromatic heterocycles. The highest BCUT2D eigenvalue weighted by molar-refractivity contribution is 7.86. The second-order valence-electron chi connectivity index (χ2n) is 8.25. The first kappa shape index (κ1) is 25.2. The maximum Gasteiger partial charge on any atom is 0.304 e. The molecule has 0 radical (unpaired) electrons. The fraction of sp³-hybridized carbons (Fsp3) is 0.458. The Balaban J connectivity index is 1.77. The predicted molar refractivity (Wildman–Crippen MR) is 127 cm³/mol. The number of rotatable bonds is 10. The second kappa shape index (κ2) is 11.1. The standard InChI is InChI=1S/C24H33N3O5S/c1-4-27(32-3)33(29,30)26-16-14-24(15-17-26,18-20-10-6-5-7-11-20)19-25-23(28)21-12-8-9-13-22(21)31-2/h5-13H,4,14-19H2,1-3H3,(H,25,28). The molecule has 1 heterocycles.